The van der Waals surface area contributed by atoms with Gasteiger partial charge in [0.1, 0.15) is 5.01 Å². The van der Waals surface area contributed by atoms with E-state index in [2.05, 4.69) is 4.98 Å². The van der Waals surface area contributed by atoms with Crippen LogP contribution in [0.2, 0.25) is 0 Å². The molecule has 31 heavy (non-hydrogen) atoms. The number of thiophene rings is 1. The van der Waals surface area contributed by atoms with Crippen molar-refractivity contribution < 1.29 is 17.9 Å². The average molecular weight is 479 g/mol. The molecule has 2 aliphatic rings. The van der Waals surface area contributed by atoms with E-state index in [0.717, 1.165) is 20.1 Å². The molecular weight excluding hydrogens is 456 g/mol. The first-order valence-corrected chi connectivity index (χ1v) is 13.1. The van der Waals surface area contributed by atoms with Gasteiger partial charge in [-0.25, -0.2) is 4.98 Å². The lowest BCUT2D eigenvalue weighted by atomic mass is 10.3. The van der Waals surface area contributed by atoms with Gasteiger partial charge in [0.25, 0.3) is 16.1 Å². The first-order valence-electron chi connectivity index (χ1n) is 10.1. The number of aromatic nitrogens is 1. The van der Waals surface area contributed by atoms with Crippen LogP contribution in [0.15, 0.2) is 36.4 Å². The summed E-state index contributed by atoms with van der Waals surface area (Å²) >= 11 is 3.05. The molecule has 2 saturated heterocycles. The standard InChI is InChI=1S/C20H22N4O4S3/c25-20(18-6-5-17(29-18)19-21-15-3-1-2-4-16(15)30-19)22-7-9-23(10-8-22)31(26,27)24-11-13-28-14-12-24/h1-6H,7-14H2. The van der Waals surface area contributed by atoms with Gasteiger partial charge in [0.2, 0.25) is 0 Å². The summed E-state index contributed by atoms with van der Waals surface area (Å²) in [5.74, 6) is -0.0548. The number of hydrogen-bond acceptors (Lipinski definition) is 7. The molecule has 2 fully saturated rings. The van der Waals surface area contributed by atoms with Crippen LogP contribution < -0.4 is 0 Å². The van der Waals surface area contributed by atoms with Crippen molar-refractivity contribution >= 4 is 49.0 Å². The lowest BCUT2D eigenvalue weighted by Gasteiger charge is -2.37. The van der Waals surface area contributed by atoms with E-state index in [9.17, 15) is 13.2 Å². The molecule has 3 aromatic rings. The Bertz CT molecular complexity index is 1160. The predicted molar refractivity (Wildman–Crippen MR) is 122 cm³/mol. The van der Waals surface area contributed by atoms with Crippen LogP contribution in [0.3, 0.4) is 0 Å². The van der Waals surface area contributed by atoms with Gasteiger partial charge in [0.15, 0.2) is 0 Å². The van der Waals surface area contributed by atoms with Gasteiger partial charge in [-0.3, -0.25) is 4.79 Å². The van der Waals surface area contributed by atoms with Crippen molar-refractivity contribution in [2.75, 3.05) is 52.5 Å². The molecule has 11 heteroatoms. The molecule has 164 valence electrons. The quantitative estimate of drug-likeness (QED) is 0.575. The van der Waals surface area contributed by atoms with E-state index in [1.54, 1.807) is 16.2 Å². The number of benzene rings is 1. The van der Waals surface area contributed by atoms with E-state index < -0.39 is 10.2 Å². The monoisotopic (exact) mass is 478 g/mol. The molecule has 8 nitrogen and oxygen atoms in total. The third-order valence-electron chi connectivity index (χ3n) is 5.47. The number of carbonyl (C=O) groups excluding carboxylic acids is 1. The van der Waals surface area contributed by atoms with Crippen LogP contribution in [-0.4, -0.2) is 85.3 Å². The van der Waals surface area contributed by atoms with Crippen molar-refractivity contribution in [3.05, 3.63) is 41.3 Å². The maximum absolute atomic E-state index is 13.0. The van der Waals surface area contributed by atoms with Crippen molar-refractivity contribution in [2.45, 2.75) is 0 Å². The molecular formula is C20H22N4O4S3. The number of morpholine rings is 1. The lowest BCUT2D eigenvalue weighted by molar-refractivity contribution is 0.0639. The number of piperazine rings is 1. The number of nitrogens with zero attached hydrogens (tertiary/aromatic N) is 4. The Labute approximate surface area is 188 Å². The third kappa shape index (κ3) is 4.13. The molecule has 0 unspecified atom stereocenters. The molecule has 1 amide bonds. The number of carbonyl (C=O) groups is 1. The number of thiazole rings is 1. The van der Waals surface area contributed by atoms with Crippen molar-refractivity contribution in [1.29, 1.82) is 0 Å². The fourth-order valence-electron chi connectivity index (χ4n) is 3.76. The smallest absolute Gasteiger partial charge is 0.282 e. The summed E-state index contributed by atoms with van der Waals surface area (Å²) in [5.41, 5.74) is 0.960. The van der Waals surface area contributed by atoms with E-state index in [1.165, 1.54) is 19.9 Å². The summed E-state index contributed by atoms with van der Waals surface area (Å²) in [6.45, 7) is 2.99. The van der Waals surface area contributed by atoms with Crippen LogP contribution in [0.4, 0.5) is 0 Å². The zero-order valence-corrected chi connectivity index (χ0v) is 19.2. The molecule has 2 aliphatic heterocycles. The van der Waals surface area contributed by atoms with E-state index in [0.29, 0.717) is 57.4 Å². The van der Waals surface area contributed by atoms with Gasteiger partial charge in [0.05, 0.1) is 33.2 Å². The molecule has 5 rings (SSSR count). The fraction of sp³-hybridized carbons (Fsp3) is 0.400. The average Bonchev–Trinajstić information content (AvgIpc) is 3.46. The number of amides is 1. The molecule has 0 saturated carbocycles. The summed E-state index contributed by atoms with van der Waals surface area (Å²) < 4.78 is 34.9. The number of fused-ring (bicyclic) bond motifs is 1. The highest BCUT2D eigenvalue weighted by molar-refractivity contribution is 7.86. The second kappa shape index (κ2) is 8.57. The molecule has 0 atom stereocenters. The Morgan fingerprint density at radius 3 is 2.35 bits per heavy atom. The summed E-state index contributed by atoms with van der Waals surface area (Å²) in [6, 6.07) is 11.8. The largest absolute Gasteiger partial charge is 0.379 e. The molecule has 0 spiro atoms. The van der Waals surface area contributed by atoms with E-state index in [1.807, 2.05) is 36.4 Å². The lowest BCUT2D eigenvalue weighted by Crippen LogP contribution is -2.55. The molecule has 1 aromatic carbocycles. The topological polar surface area (TPSA) is 83.1 Å². The van der Waals surface area contributed by atoms with Gasteiger partial charge in [-0.15, -0.1) is 22.7 Å². The summed E-state index contributed by atoms with van der Waals surface area (Å²) in [5, 5.41) is 0.909. The highest BCUT2D eigenvalue weighted by atomic mass is 32.2. The Balaban J connectivity index is 1.25. The summed E-state index contributed by atoms with van der Waals surface area (Å²) in [4.78, 5) is 21.0. The van der Waals surface area contributed by atoms with Crippen molar-refractivity contribution in [3.8, 4) is 9.88 Å². The zero-order chi connectivity index (χ0) is 21.4. The summed E-state index contributed by atoms with van der Waals surface area (Å²) in [6.07, 6.45) is 0. The molecule has 0 radical (unpaired) electrons. The van der Waals surface area contributed by atoms with Crippen LogP contribution in [-0.2, 0) is 14.9 Å². The Morgan fingerprint density at radius 1 is 0.903 bits per heavy atom. The van der Waals surface area contributed by atoms with E-state index in [-0.39, 0.29) is 5.91 Å². The maximum Gasteiger partial charge on any atom is 0.282 e. The zero-order valence-electron chi connectivity index (χ0n) is 16.8. The van der Waals surface area contributed by atoms with E-state index in [4.69, 9.17) is 4.74 Å². The first kappa shape index (κ1) is 21.0. The van der Waals surface area contributed by atoms with E-state index >= 15 is 0 Å². The van der Waals surface area contributed by atoms with Gasteiger partial charge in [0, 0.05) is 39.3 Å². The van der Waals surface area contributed by atoms with Crippen molar-refractivity contribution in [1.82, 2.24) is 18.5 Å². The van der Waals surface area contributed by atoms with Gasteiger partial charge in [-0.1, -0.05) is 12.1 Å². The maximum atomic E-state index is 13.0. The van der Waals surface area contributed by atoms with Gasteiger partial charge >= 0.3 is 0 Å². The molecule has 0 N–H and O–H groups in total. The van der Waals surface area contributed by atoms with Crippen LogP contribution in [0, 0.1) is 0 Å². The number of ether oxygens (including phenoxy) is 1. The minimum atomic E-state index is -3.50. The number of hydrogen-bond donors (Lipinski definition) is 0. The minimum absolute atomic E-state index is 0.0548. The second-order valence-electron chi connectivity index (χ2n) is 7.36. The third-order valence-corrected chi connectivity index (χ3v) is 9.78. The molecule has 0 bridgehead atoms. The predicted octanol–water partition coefficient (Wildman–Crippen LogP) is 2.36. The first-order chi connectivity index (χ1) is 15.0. The van der Waals surface area contributed by atoms with Crippen LogP contribution >= 0.6 is 22.7 Å². The number of para-hydroxylation sites is 1. The SMILES string of the molecule is O=C(c1ccc(-c2nc3ccccc3s2)s1)N1CCN(S(=O)(=O)N2CCOCC2)CC1. The van der Waals surface area contributed by atoms with Gasteiger partial charge in [-0.05, 0) is 24.3 Å². The molecule has 2 aromatic heterocycles. The van der Waals surface area contributed by atoms with Crippen LogP contribution in [0.25, 0.3) is 20.1 Å². The minimum Gasteiger partial charge on any atom is -0.379 e. The second-order valence-corrected chi connectivity index (χ2v) is 11.4. The Kier molecular flexibility index (Phi) is 5.80. The highest BCUT2D eigenvalue weighted by Crippen LogP contribution is 2.34. The van der Waals surface area contributed by atoms with Gasteiger partial charge < -0.3 is 9.64 Å². The fourth-order valence-corrected chi connectivity index (χ4v) is 7.32. The summed E-state index contributed by atoms with van der Waals surface area (Å²) in [7, 11) is -3.50. The highest BCUT2D eigenvalue weighted by Gasteiger charge is 2.34. The van der Waals surface area contributed by atoms with Crippen molar-refractivity contribution in [2.24, 2.45) is 0 Å². The van der Waals surface area contributed by atoms with Crippen LogP contribution in [0.5, 0.6) is 0 Å². The van der Waals surface area contributed by atoms with Gasteiger partial charge in [-0.2, -0.15) is 17.0 Å². The Morgan fingerprint density at radius 2 is 1.61 bits per heavy atom. The molecule has 4 heterocycles. The number of rotatable bonds is 4. The molecule has 0 aliphatic carbocycles. The van der Waals surface area contributed by atoms with Crippen molar-refractivity contribution in [3.63, 3.8) is 0 Å². The normalized spacial score (nSPS) is 19.2. The van der Waals surface area contributed by atoms with Crippen LogP contribution in [0.1, 0.15) is 9.67 Å². The Hall–Kier alpha value is -1.89.